The third-order valence-electron chi connectivity index (χ3n) is 2.25. The van der Waals surface area contributed by atoms with Gasteiger partial charge in [-0.05, 0) is 48.8 Å². The Hall–Kier alpha value is -0.650. The second-order valence-electron chi connectivity index (χ2n) is 4.89. The zero-order valence-electron chi connectivity index (χ0n) is 10.1. The summed E-state index contributed by atoms with van der Waals surface area (Å²) in [7, 11) is 0. The molecule has 2 aromatic heterocycles. The van der Waals surface area contributed by atoms with E-state index in [1.54, 1.807) is 17.5 Å². The van der Waals surface area contributed by atoms with E-state index in [2.05, 4.69) is 47.2 Å². The molecule has 0 aliphatic rings. The quantitative estimate of drug-likeness (QED) is 0.928. The lowest BCUT2D eigenvalue weighted by Crippen LogP contribution is -2.35. The maximum Gasteiger partial charge on any atom is 0.181 e. The highest BCUT2D eigenvalue weighted by atomic mass is 79.9. The van der Waals surface area contributed by atoms with Gasteiger partial charge < -0.3 is 9.84 Å². The van der Waals surface area contributed by atoms with Crippen molar-refractivity contribution in [2.24, 2.45) is 0 Å². The summed E-state index contributed by atoms with van der Waals surface area (Å²) in [6, 6.07) is 4.05. The molecule has 2 rings (SSSR count). The van der Waals surface area contributed by atoms with E-state index in [4.69, 9.17) is 4.52 Å². The number of hydrogen-bond acceptors (Lipinski definition) is 4. The van der Waals surface area contributed by atoms with E-state index < -0.39 is 0 Å². The van der Waals surface area contributed by atoms with Gasteiger partial charge >= 0.3 is 0 Å². The first kappa shape index (κ1) is 12.8. The lowest BCUT2D eigenvalue weighted by atomic mass is 10.1. The second kappa shape index (κ2) is 4.92. The van der Waals surface area contributed by atoms with Gasteiger partial charge in [0.1, 0.15) is 0 Å². The fourth-order valence-electron chi connectivity index (χ4n) is 1.39. The Bertz CT molecular complexity index is 499. The van der Waals surface area contributed by atoms with Gasteiger partial charge in [-0.1, -0.05) is 5.16 Å². The molecule has 0 saturated carbocycles. The second-order valence-corrected chi connectivity index (χ2v) is 7.35. The van der Waals surface area contributed by atoms with Crippen molar-refractivity contribution in [3.8, 4) is 10.6 Å². The van der Waals surface area contributed by atoms with Crippen LogP contribution in [0.4, 0.5) is 0 Å². The molecule has 0 saturated heterocycles. The minimum Gasteiger partial charge on any atom is -0.355 e. The molecule has 5 heteroatoms. The Morgan fingerprint density at radius 2 is 2.18 bits per heavy atom. The van der Waals surface area contributed by atoms with Crippen LogP contribution in [0, 0.1) is 0 Å². The molecule has 1 N–H and O–H groups in total. The molecule has 3 nitrogen and oxygen atoms in total. The van der Waals surface area contributed by atoms with Gasteiger partial charge in [0, 0.05) is 17.6 Å². The Balaban J connectivity index is 2.17. The van der Waals surface area contributed by atoms with E-state index in [1.807, 2.05) is 12.1 Å². The molecule has 92 valence electrons. The molecule has 0 spiro atoms. The van der Waals surface area contributed by atoms with Crippen LogP contribution in [0.25, 0.3) is 10.6 Å². The van der Waals surface area contributed by atoms with Gasteiger partial charge in [-0.2, -0.15) is 0 Å². The van der Waals surface area contributed by atoms with Crippen LogP contribution < -0.4 is 5.32 Å². The van der Waals surface area contributed by atoms with Crippen LogP contribution in [0.5, 0.6) is 0 Å². The van der Waals surface area contributed by atoms with Crippen LogP contribution in [0.2, 0.25) is 0 Å². The number of halogens is 1. The lowest BCUT2D eigenvalue weighted by Gasteiger charge is -2.19. The van der Waals surface area contributed by atoms with Gasteiger partial charge in [-0.25, -0.2) is 0 Å². The molecule has 0 fully saturated rings. The van der Waals surface area contributed by atoms with Gasteiger partial charge in [0.25, 0.3) is 0 Å². The first-order valence-corrected chi connectivity index (χ1v) is 7.01. The van der Waals surface area contributed by atoms with E-state index in [9.17, 15) is 0 Å². The van der Waals surface area contributed by atoms with Crippen molar-refractivity contribution in [3.05, 3.63) is 27.7 Å². The zero-order chi connectivity index (χ0) is 12.5. The summed E-state index contributed by atoms with van der Waals surface area (Å²) in [5.74, 6) is 0.859. The minimum atomic E-state index is 0.0879. The highest BCUT2D eigenvalue weighted by Gasteiger charge is 2.15. The average molecular weight is 315 g/mol. The number of hydrogen-bond donors (Lipinski definition) is 1. The van der Waals surface area contributed by atoms with Crippen molar-refractivity contribution in [1.29, 1.82) is 0 Å². The van der Waals surface area contributed by atoms with Crippen LogP contribution in [0.1, 0.15) is 26.3 Å². The number of rotatable bonds is 3. The van der Waals surface area contributed by atoms with Gasteiger partial charge in [0.15, 0.2) is 5.76 Å². The predicted molar refractivity (Wildman–Crippen MR) is 74.1 cm³/mol. The molecule has 2 heterocycles. The molecule has 2 aromatic rings. The molecule has 17 heavy (non-hydrogen) atoms. The fraction of sp³-hybridized carbons (Fsp3) is 0.417. The molecule has 0 atom stereocenters. The topological polar surface area (TPSA) is 38.1 Å². The number of aromatic nitrogens is 1. The van der Waals surface area contributed by atoms with Gasteiger partial charge in [-0.3, -0.25) is 0 Å². The third kappa shape index (κ3) is 3.40. The largest absolute Gasteiger partial charge is 0.355 e. The normalized spacial score (nSPS) is 12.0. The molecule has 0 radical (unpaired) electrons. The maximum absolute atomic E-state index is 5.33. The Morgan fingerprint density at radius 3 is 2.76 bits per heavy atom. The highest BCUT2D eigenvalue weighted by molar-refractivity contribution is 9.11. The smallest absolute Gasteiger partial charge is 0.181 e. The number of nitrogens with one attached hydrogen (secondary N) is 1. The maximum atomic E-state index is 5.33. The highest BCUT2D eigenvalue weighted by Crippen LogP contribution is 2.33. The van der Waals surface area contributed by atoms with Crippen LogP contribution >= 0.6 is 27.3 Å². The molecule has 0 aliphatic heterocycles. The molecular formula is C12H15BrN2OS. The number of nitrogens with zero attached hydrogens (tertiary/aromatic N) is 1. The predicted octanol–water partition coefficient (Wildman–Crippen LogP) is 4.05. The van der Waals surface area contributed by atoms with Crippen molar-refractivity contribution >= 4 is 27.3 Å². The number of thiophene rings is 1. The molecule has 0 aromatic carbocycles. The third-order valence-corrected chi connectivity index (χ3v) is 3.87. The fourth-order valence-corrected chi connectivity index (χ4v) is 2.78. The standard InChI is InChI=1S/C12H15BrN2OS/c1-12(2,3)14-6-8-7-15-16-11(8)9-4-5-10(13)17-9/h4-5,7,14H,6H2,1-3H3. The molecule has 0 aliphatic carbocycles. The summed E-state index contributed by atoms with van der Waals surface area (Å²) in [5, 5.41) is 7.32. The Labute approximate surface area is 113 Å². The minimum absolute atomic E-state index is 0.0879. The van der Waals surface area contributed by atoms with E-state index >= 15 is 0 Å². The summed E-state index contributed by atoms with van der Waals surface area (Å²) in [6.45, 7) is 7.18. The van der Waals surface area contributed by atoms with E-state index in [-0.39, 0.29) is 5.54 Å². The molecule has 0 bridgehead atoms. The Morgan fingerprint density at radius 1 is 1.41 bits per heavy atom. The summed E-state index contributed by atoms with van der Waals surface area (Å²) >= 11 is 5.10. The van der Waals surface area contributed by atoms with E-state index in [0.29, 0.717) is 0 Å². The van der Waals surface area contributed by atoms with Crippen LogP contribution in [0.15, 0.2) is 26.6 Å². The summed E-state index contributed by atoms with van der Waals surface area (Å²) in [6.07, 6.45) is 1.78. The lowest BCUT2D eigenvalue weighted by molar-refractivity contribution is 0.419. The van der Waals surface area contributed by atoms with Crippen molar-refractivity contribution in [1.82, 2.24) is 10.5 Å². The summed E-state index contributed by atoms with van der Waals surface area (Å²) < 4.78 is 6.42. The van der Waals surface area contributed by atoms with Gasteiger partial charge in [0.05, 0.1) is 14.9 Å². The van der Waals surface area contributed by atoms with Crippen molar-refractivity contribution in [3.63, 3.8) is 0 Å². The van der Waals surface area contributed by atoms with E-state index in [1.165, 1.54) is 0 Å². The monoisotopic (exact) mass is 314 g/mol. The average Bonchev–Trinajstić information content (AvgIpc) is 2.81. The van der Waals surface area contributed by atoms with E-state index in [0.717, 1.165) is 26.5 Å². The molecule has 0 unspecified atom stereocenters. The Kier molecular flexibility index (Phi) is 3.70. The van der Waals surface area contributed by atoms with Gasteiger partial charge in [0.2, 0.25) is 0 Å². The van der Waals surface area contributed by atoms with Crippen molar-refractivity contribution < 1.29 is 4.52 Å². The molecule has 0 amide bonds. The van der Waals surface area contributed by atoms with Crippen molar-refractivity contribution in [2.75, 3.05) is 0 Å². The van der Waals surface area contributed by atoms with Crippen molar-refractivity contribution in [2.45, 2.75) is 32.9 Å². The molecular weight excluding hydrogens is 300 g/mol. The first-order valence-electron chi connectivity index (χ1n) is 5.40. The van der Waals surface area contributed by atoms with Crippen LogP contribution in [0.3, 0.4) is 0 Å². The van der Waals surface area contributed by atoms with Gasteiger partial charge in [-0.15, -0.1) is 11.3 Å². The summed E-state index contributed by atoms with van der Waals surface area (Å²) in [4.78, 5) is 1.10. The summed E-state index contributed by atoms with van der Waals surface area (Å²) in [5.41, 5.74) is 1.18. The zero-order valence-corrected chi connectivity index (χ0v) is 12.5. The van der Waals surface area contributed by atoms with Crippen LogP contribution in [-0.2, 0) is 6.54 Å². The van der Waals surface area contributed by atoms with Crippen LogP contribution in [-0.4, -0.2) is 10.7 Å². The first-order chi connectivity index (χ1) is 7.96. The SMILES string of the molecule is CC(C)(C)NCc1cnoc1-c1ccc(Br)s1.